The topological polar surface area (TPSA) is 66.8 Å². The Bertz CT molecular complexity index is 1380. The van der Waals surface area contributed by atoms with Gasteiger partial charge in [-0.15, -0.1) is 0 Å². The third-order valence-corrected chi connectivity index (χ3v) is 7.01. The quantitative estimate of drug-likeness (QED) is 0.439. The molecule has 1 aliphatic heterocycles. The molecular formula is C24H23F7N2O3S. The normalized spacial score (nSPS) is 16.5. The number of benzene rings is 2. The molecule has 0 bridgehead atoms. The molecule has 13 heteroatoms. The predicted molar refractivity (Wildman–Crippen MR) is 124 cm³/mol. The second-order valence-corrected chi connectivity index (χ2v) is 11.8. The number of rotatable bonds is 5. The molecule has 0 N–H and O–H groups in total. The molecule has 0 aromatic heterocycles. The number of nitrogens with zero attached hydrogens (tertiary/aromatic N) is 2. The molecule has 0 aliphatic carbocycles. The van der Waals surface area contributed by atoms with Gasteiger partial charge < -0.3 is 0 Å². The summed E-state index contributed by atoms with van der Waals surface area (Å²) in [6.45, 7) is 5.79. The van der Waals surface area contributed by atoms with Crippen LogP contribution in [0.25, 0.3) is 0 Å². The third kappa shape index (κ3) is 5.10. The molecule has 2 aromatic rings. The molecule has 0 unspecified atom stereocenters. The smallest absolute Gasteiger partial charge is 0.268 e. The summed E-state index contributed by atoms with van der Waals surface area (Å²) >= 11 is 0. The number of anilines is 1. The van der Waals surface area contributed by atoms with Gasteiger partial charge in [-0.2, -0.15) is 26.3 Å². The highest BCUT2D eigenvalue weighted by Crippen LogP contribution is 2.53. The first-order valence-corrected chi connectivity index (χ1v) is 12.8. The number of hydrogen-bond acceptors (Lipinski definition) is 4. The van der Waals surface area contributed by atoms with Crippen LogP contribution in [0, 0.1) is 13.8 Å². The highest BCUT2D eigenvalue weighted by Gasteiger charge is 2.73. The molecule has 0 radical (unpaired) electrons. The highest BCUT2D eigenvalue weighted by atomic mass is 32.2. The minimum atomic E-state index is -6.29. The number of amides is 1. The first-order valence-electron chi connectivity index (χ1n) is 10.8. The summed E-state index contributed by atoms with van der Waals surface area (Å²) in [5.41, 5.74) is -7.92. The summed E-state index contributed by atoms with van der Waals surface area (Å²) in [4.78, 5) is 18.9. The average Bonchev–Trinajstić information content (AvgIpc) is 2.96. The van der Waals surface area contributed by atoms with Crippen molar-refractivity contribution in [2.75, 3.05) is 16.9 Å². The largest absolute Gasteiger partial charge is 0.435 e. The second kappa shape index (κ2) is 8.81. The Labute approximate surface area is 208 Å². The van der Waals surface area contributed by atoms with Crippen molar-refractivity contribution in [1.29, 1.82) is 0 Å². The van der Waals surface area contributed by atoms with Gasteiger partial charge >= 0.3 is 18.0 Å². The number of amidine groups is 1. The average molecular weight is 553 g/mol. The van der Waals surface area contributed by atoms with Gasteiger partial charge in [0.25, 0.3) is 5.91 Å². The number of fused-ring (bicyclic) bond motifs is 1. The molecule has 0 saturated carbocycles. The van der Waals surface area contributed by atoms with E-state index in [0.717, 1.165) is 24.1 Å². The molecule has 1 amide bonds. The number of hydrogen-bond donors (Lipinski definition) is 0. The maximum Gasteiger partial charge on any atom is 0.435 e. The number of carbonyl (C=O) groups excluding carboxylic acids is 1. The van der Waals surface area contributed by atoms with Crippen LogP contribution in [-0.2, 0) is 15.5 Å². The maximum absolute atomic E-state index is 14.6. The number of carbonyl (C=O) groups is 1. The van der Waals surface area contributed by atoms with Crippen LogP contribution >= 0.6 is 0 Å². The van der Waals surface area contributed by atoms with Crippen LogP contribution in [-0.4, -0.2) is 50.1 Å². The third-order valence-electron chi connectivity index (χ3n) is 5.78. The minimum Gasteiger partial charge on any atom is -0.268 e. The first kappa shape index (κ1) is 28.6. The standard InChI is InChI=1S/C24H23F7N2O3S/c1-13-7-6-8-16-18(13)19(32-21(3,4)12-37(5,35)36)33(20(16)34)17-10-9-15(11-14(17)2)22(25,23(26,27)28)24(29,30)31/h6-11H,12H2,1-5H3. The van der Waals surface area contributed by atoms with Crippen molar-refractivity contribution in [2.24, 2.45) is 4.99 Å². The maximum atomic E-state index is 14.6. The van der Waals surface area contributed by atoms with E-state index < -0.39 is 50.6 Å². The first-order chi connectivity index (χ1) is 16.6. The van der Waals surface area contributed by atoms with Crippen molar-refractivity contribution in [3.05, 3.63) is 64.2 Å². The van der Waals surface area contributed by atoms with Crippen LogP contribution in [0.5, 0.6) is 0 Å². The molecule has 0 spiro atoms. The lowest BCUT2D eigenvalue weighted by Gasteiger charge is -2.31. The zero-order valence-corrected chi connectivity index (χ0v) is 21.2. The van der Waals surface area contributed by atoms with Gasteiger partial charge in [-0.1, -0.05) is 24.3 Å². The molecule has 0 fully saturated rings. The van der Waals surface area contributed by atoms with E-state index in [1.54, 1.807) is 19.1 Å². The fourth-order valence-electron chi connectivity index (χ4n) is 4.37. The van der Waals surface area contributed by atoms with Gasteiger partial charge in [0.2, 0.25) is 0 Å². The van der Waals surface area contributed by atoms with Crippen molar-refractivity contribution in [1.82, 2.24) is 0 Å². The molecule has 202 valence electrons. The summed E-state index contributed by atoms with van der Waals surface area (Å²) in [5.74, 6) is -1.12. The van der Waals surface area contributed by atoms with Gasteiger partial charge in [0.1, 0.15) is 15.7 Å². The van der Waals surface area contributed by atoms with E-state index in [2.05, 4.69) is 4.99 Å². The zero-order valence-electron chi connectivity index (χ0n) is 20.3. The Morgan fingerprint density at radius 3 is 1.95 bits per heavy atom. The summed E-state index contributed by atoms with van der Waals surface area (Å²) in [7, 11) is -3.53. The SMILES string of the molecule is Cc1cc(C(F)(C(F)(F)F)C(F)(F)F)ccc1N1C(=O)c2cccc(C)c2C1=NC(C)(C)CS(C)(=O)=O. The van der Waals surface area contributed by atoms with Crippen molar-refractivity contribution < 1.29 is 43.9 Å². The summed E-state index contributed by atoms with van der Waals surface area (Å²) < 4.78 is 118. The Balaban J connectivity index is 2.25. The lowest BCUT2D eigenvalue weighted by atomic mass is 9.92. The number of aryl methyl sites for hydroxylation is 2. The molecule has 3 rings (SSSR count). The Hall–Kier alpha value is -2.96. The number of halogens is 7. The molecule has 0 saturated heterocycles. The summed E-state index contributed by atoms with van der Waals surface area (Å²) in [6, 6.07) is 6.20. The lowest BCUT2D eigenvalue weighted by Crippen LogP contribution is -2.50. The van der Waals surface area contributed by atoms with Gasteiger partial charge in [-0.3, -0.25) is 14.7 Å². The van der Waals surface area contributed by atoms with Crippen molar-refractivity contribution >= 4 is 27.3 Å². The minimum absolute atomic E-state index is 0.0271. The van der Waals surface area contributed by atoms with Crippen LogP contribution in [0.1, 0.15) is 46.5 Å². The molecule has 1 heterocycles. The Morgan fingerprint density at radius 1 is 0.892 bits per heavy atom. The van der Waals surface area contributed by atoms with Crippen LogP contribution in [0.2, 0.25) is 0 Å². The van der Waals surface area contributed by atoms with Crippen LogP contribution in [0.3, 0.4) is 0 Å². The van der Waals surface area contributed by atoms with E-state index in [4.69, 9.17) is 0 Å². The predicted octanol–water partition coefficient (Wildman–Crippen LogP) is 5.82. The van der Waals surface area contributed by atoms with Crippen molar-refractivity contribution in [3.8, 4) is 0 Å². The van der Waals surface area contributed by atoms with E-state index in [1.165, 1.54) is 19.9 Å². The summed E-state index contributed by atoms with van der Waals surface area (Å²) in [5, 5.41) is 0. The fourth-order valence-corrected chi connectivity index (χ4v) is 5.72. The van der Waals surface area contributed by atoms with Gasteiger partial charge in [0, 0.05) is 17.4 Å². The van der Waals surface area contributed by atoms with E-state index in [-0.39, 0.29) is 22.6 Å². The lowest BCUT2D eigenvalue weighted by molar-refractivity contribution is -0.348. The molecular weight excluding hydrogens is 529 g/mol. The monoisotopic (exact) mass is 552 g/mol. The molecule has 5 nitrogen and oxygen atoms in total. The fraction of sp³-hybridized carbons (Fsp3) is 0.417. The summed E-state index contributed by atoms with van der Waals surface area (Å²) in [6.07, 6.45) is -11.6. The Morgan fingerprint density at radius 2 is 1.46 bits per heavy atom. The molecule has 1 aliphatic rings. The molecule has 37 heavy (non-hydrogen) atoms. The number of aliphatic imine (C=N–C) groups is 1. The van der Waals surface area contributed by atoms with Crippen LogP contribution < -0.4 is 4.90 Å². The van der Waals surface area contributed by atoms with Crippen molar-refractivity contribution in [2.45, 2.75) is 51.3 Å². The second-order valence-electron chi connectivity index (χ2n) is 9.61. The Kier molecular flexibility index (Phi) is 6.81. The number of sulfone groups is 1. The van der Waals surface area contributed by atoms with Crippen LogP contribution in [0.4, 0.5) is 36.4 Å². The van der Waals surface area contributed by atoms with E-state index in [9.17, 15) is 43.9 Å². The molecule has 2 aromatic carbocycles. The van der Waals surface area contributed by atoms with Crippen LogP contribution in [0.15, 0.2) is 41.4 Å². The van der Waals surface area contributed by atoms with E-state index in [1.807, 2.05) is 0 Å². The van der Waals surface area contributed by atoms with Gasteiger partial charge in [-0.05, 0) is 51.0 Å². The van der Waals surface area contributed by atoms with Gasteiger partial charge in [0.05, 0.1) is 22.5 Å². The highest BCUT2D eigenvalue weighted by molar-refractivity contribution is 7.90. The van der Waals surface area contributed by atoms with E-state index in [0.29, 0.717) is 23.3 Å². The van der Waals surface area contributed by atoms with Crippen molar-refractivity contribution in [3.63, 3.8) is 0 Å². The van der Waals surface area contributed by atoms with Gasteiger partial charge in [0.15, 0.2) is 0 Å². The molecule has 0 atom stereocenters. The zero-order chi connectivity index (χ0) is 28.4. The van der Waals surface area contributed by atoms with E-state index >= 15 is 0 Å². The number of alkyl halides is 7. The van der Waals surface area contributed by atoms with Gasteiger partial charge in [-0.25, -0.2) is 12.8 Å².